The van der Waals surface area contributed by atoms with Crippen molar-refractivity contribution >= 4 is 16.8 Å². The molecule has 2 aromatic rings. The zero-order chi connectivity index (χ0) is 18.6. The van der Waals surface area contributed by atoms with Crippen molar-refractivity contribution in [2.75, 3.05) is 6.54 Å². The second-order valence-corrected chi connectivity index (χ2v) is 6.69. The molecule has 136 valence electrons. The van der Waals surface area contributed by atoms with E-state index in [0.29, 0.717) is 42.8 Å². The summed E-state index contributed by atoms with van der Waals surface area (Å²) in [5.41, 5.74) is -0.204. The zero-order valence-corrected chi connectivity index (χ0v) is 15.4. The van der Waals surface area contributed by atoms with Gasteiger partial charge in [-0.2, -0.15) is 0 Å². The molecule has 6 nitrogen and oxygen atoms in total. The fraction of sp³-hybridized carbons (Fsp3) is 0.526. The van der Waals surface area contributed by atoms with Crippen molar-refractivity contribution in [3.63, 3.8) is 0 Å². The molecule has 6 heteroatoms. The minimum Gasteiger partial charge on any atom is -0.354 e. The molecule has 0 saturated carbocycles. The van der Waals surface area contributed by atoms with Crippen LogP contribution in [0.2, 0.25) is 0 Å². The van der Waals surface area contributed by atoms with E-state index in [4.69, 9.17) is 0 Å². The standard InChI is InChI=1S/C19H27N3O3/c1-5-11-21-18(24)14-9-7-8-10-16(14)22(19(21)25)15(6-2)17(23)20-12-13(3)4/h7-10,13,15H,5-6,11-12H2,1-4H3,(H,20,23)/t15-/m1/s1. The Balaban J connectivity index is 2.67. The van der Waals surface area contributed by atoms with E-state index in [-0.39, 0.29) is 11.5 Å². The molecule has 0 aliphatic heterocycles. The molecular weight excluding hydrogens is 318 g/mol. The Morgan fingerprint density at radius 2 is 1.84 bits per heavy atom. The van der Waals surface area contributed by atoms with Crippen molar-refractivity contribution in [3.8, 4) is 0 Å². The molecule has 0 bridgehead atoms. The van der Waals surface area contributed by atoms with Gasteiger partial charge in [-0.05, 0) is 30.9 Å². The van der Waals surface area contributed by atoms with Crippen LogP contribution in [0.15, 0.2) is 33.9 Å². The molecule has 0 spiro atoms. The number of rotatable bonds is 7. The number of carbonyl (C=O) groups excluding carboxylic acids is 1. The lowest BCUT2D eigenvalue weighted by Crippen LogP contribution is -2.45. The number of fused-ring (bicyclic) bond motifs is 1. The van der Waals surface area contributed by atoms with Gasteiger partial charge in [-0.15, -0.1) is 0 Å². The molecule has 0 aliphatic carbocycles. The maximum atomic E-state index is 13.0. The average Bonchev–Trinajstić information content (AvgIpc) is 2.60. The molecule has 0 unspecified atom stereocenters. The number of benzene rings is 1. The molecule has 2 rings (SSSR count). The number of nitrogens with zero attached hydrogens (tertiary/aromatic N) is 2. The molecule has 1 N–H and O–H groups in total. The lowest BCUT2D eigenvalue weighted by Gasteiger charge is -2.22. The first-order chi connectivity index (χ1) is 11.9. The minimum atomic E-state index is -0.639. The Morgan fingerprint density at radius 1 is 1.16 bits per heavy atom. The van der Waals surface area contributed by atoms with E-state index in [1.807, 2.05) is 27.7 Å². The normalized spacial score (nSPS) is 12.5. The molecular formula is C19H27N3O3. The first-order valence-electron chi connectivity index (χ1n) is 8.94. The molecule has 1 aromatic heterocycles. The van der Waals surface area contributed by atoms with Crippen LogP contribution in [-0.2, 0) is 11.3 Å². The van der Waals surface area contributed by atoms with E-state index < -0.39 is 11.7 Å². The molecule has 1 atom stereocenters. The van der Waals surface area contributed by atoms with Crippen molar-refractivity contribution in [2.24, 2.45) is 5.92 Å². The lowest BCUT2D eigenvalue weighted by molar-refractivity contribution is -0.124. The van der Waals surface area contributed by atoms with Gasteiger partial charge in [0.25, 0.3) is 5.56 Å². The van der Waals surface area contributed by atoms with E-state index in [9.17, 15) is 14.4 Å². The zero-order valence-electron chi connectivity index (χ0n) is 15.4. The Bertz CT molecular complexity index is 864. The average molecular weight is 345 g/mol. The molecule has 1 heterocycles. The van der Waals surface area contributed by atoms with Gasteiger partial charge in [-0.3, -0.25) is 18.7 Å². The van der Waals surface area contributed by atoms with Crippen molar-refractivity contribution < 1.29 is 4.79 Å². The lowest BCUT2D eigenvalue weighted by atomic mass is 10.1. The van der Waals surface area contributed by atoms with Crippen LogP contribution in [0, 0.1) is 5.92 Å². The van der Waals surface area contributed by atoms with Gasteiger partial charge in [0.15, 0.2) is 0 Å². The quantitative estimate of drug-likeness (QED) is 0.837. The first kappa shape index (κ1) is 19.0. The summed E-state index contributed by atoms with van der Waals surface area (Å²) in [4.78, 5) is 38.3. The van der Waals surface area contributed by atoms with Crippen LogP contribution in [0.5, 0.6) is 0 Å². The summed E-state index contributed by atoms with van der Waals surface area (Å²) in [6, 6.07) is 6.35. The van der Waals surface area contributed by atoms with E-state index in [1.165, 1.54) is 9.13 Å². The third kappa shape index (κ3) is 3.83. The molecule has 0 saturated heterocycles. The fourth-order valence-corrected chi connectivity index (χ4v) is 2.96. The van der Waals surface area contributed by atoms with E-state index in [2.05, 4.69) is 5.32 Å². The highest BCUT2D eigenvalue weighted by Crippen LogP contribution is 2.16. The van der Waals surface area contributed by atoms with Crippen LogP contribution in [0.4, 0.5) is 0 Å². The van der Waals surface area contributed by atoms with Crippen molar-refractivity contribution in [1.29, 1.82) is 0 Å². The van der Waals surface area contributed by atoms with Gasteiger partial charge in [0, 0.05) is 13.1 Å². The molecule has 1 aromatic carbocycles. The van der Waals surface area contributed by atoms with Crippen LogP contribution in [-0.4, -0.2) is 21.6 Å². The van der Waals surface area contributed by atoms with Gasteiger partial charge in [-0.25, -0.2) is 4.79 Å². The van der Waals surface area contributed by atoms with E-state index in [0.717, 1.165) is 0 Å². The van der Waals surface area contributed by atoms with Gasteiger partial charge in [-0.1, -0.05) is 39.8 Å². The maximum absolute atomic E-state index is 13.0. The van der Waals surface area contributed by atoms with Gasteiger partial charge >= 0.3 is 5.69 Å². The SMILES string of the molecule is CCCn1c(=O)c2ccccc2n([C@H](CC)C(=O)NCC(C)C)c1=O. The molecule has 0 radical (unpaired) electrons. The summed E-state index contributed by atoms with van der Waals surface area (Å²) < 4.78 is 2.71. The Labute approximate surface area is 147 Å². The van der Waals surface area contributed by atoms with E-state index in [1.54, 1.807) is 24.3 Å². The van der Waals surface area contributed by atoms with Gasteiger partial charge < -0.3 is 5.32 Å². The van der Waals surface area contributed by atoms with E-state index >= 15 is 0 Å². The van der Waals surface area contributed by atoms with Crippen molar-refractivity contribution in [1.82, 2.24) is 14.5 Å². The smallest absolute Gasteiger partial charge is 0.332 e. The van der Waals surface area contributed by atoms with Crippen LogP contribution in [0.25, 0.3) is 10.9 Å². The minimum absolute atomic E-state index is 0.190. The van der Waals surface area contributed by atoms with Gasteiger partial charge in [0.05, 0.1) is 10.9 Å². The highest BCUT2D eigenvalue weighted by atomic mass is 16.2. The number of hydrogen-bond acceptors (Lipinski definition) is 3. The van der Waals surface area contributed by atoms with Crippen LogP contribution in [0.3, 0.4) is 0 Å². The summed E-state index contributed by atoms with van der Waals surface area (Å²) >= 11 is 0. The maximum Gasteiger partial charge on any atom is 0.332 e. The first-order valence-corrected chi connectivity index (χ1v) is 8.94. The summed E-state index contributed by atoms with van der Waals surface area (Å²) in [5.74, 6) is 0.133. The van der Waals surface area contributed by atoms with Crippen LogP contribution in [0.1, 0.15) is 46.6 Å². The molecule has 25 heavy (non-hydrogen) atoms. The molecule has 1 amide bonds. The topological polar surface area (TPSA) is 73.1 Å². The molecule has 0 aliphatic rings. The van der Waals surface area contributed by atoms with Crippen molar-refractivity contribution in [2.45, 2.75) is 53.1 Å². The number of para-hydroxylation sites is 1. The second kappa shape index (κ2) is 8.14. The van der Waals surface area contributed by atoms with Crippen LogP contribution >= 0.6 is 0 Å². The number of carbonyl (C=O) groups is 1. The second-order valence-electron chi connectivity index (χ2n) is 6.69. The van der Waals surface area contributed by atoms with Crippen LogP contribution < -0.4 is 16.6 Å². The Kier molecular flexibility index (Phi) is 6.17. The summed E-state index contributed by atoms with van der Waals surface area (Å²) in [5, 5.41) is 3.37. The number of hydrogen-bond donors (Lipinski definition) is 1. The molecule has 0 fully saturated rings. The summed E-state index contributed by atoms with van der Waals surface area (Å²) in [7, 11) is 0. The van der Waals surface area contributed by atoms with Gasteiger partial charge in [0.2, 0.25) is 5.91 Å². The highest BCUT2D eigenvalue weighted by Gasteiger charge is 2.24. The Morgan fingerprint density at radius 3 is 2.44 bits per heavy atom. The monoisotopic (exact) mass is 345 g/mol. The van der Waals surface area contributed by atoms with Crippen molar-refractivity contribution in [3.05, 3.63) is 45.1 Å². The third-order valence-electron chi connectivity index (χ3n) is 4.21. The predicted molar refractivity (Wildman–Crippen MR) is 99.9 cm³/mol. The third-order valence-corrected chi connectivity index (χ3v) is 4.21. The number of nitrogens with one attached hydrogen (secondary N) is 1. The predicted octanol–water partition coefficient (Wildman–Crippen LogP) is 2.30. The fourth-order valence-electron chi connectivity index (χ4n) is 2.96. The highest BCUT2D eigenvalue weighted by molar-refractivity contribution is 5.84. The number of amides is 1. The Hall–Kier alpha value is -2.37. The summed E-state index contributed by atoms with van der Waals surface area (Å²) in [6.07, 6.45) is 1.14. The largest absolute Gasteiger partial charge is 0.354 e. The summed E-state index contributed by atoms with van der Waals surface area (Å²) in [6.45, 7) is 8.71. The number of aromatic nitrogens is 2. The van der Waals surface area contributed by atoms with Gasteiger partial charge in [0.1, 0.15) is 6.04 Å².